The summed E-state index contributed by atoms with van der Waals surface area (Å²) in [6, 6.07) is 20.7. The van der Waals surface area contributed by atoms with Crippen molar-refractivity contribution in [2.24, 2.45) is 0 Å². The van der Waals surface area contributed by atoms with E-state index in [1.54, 1.807) is 18.3 Å². The molecule has 0 aliphatic carbocycles. The molecule has 0 unspecified atom stereocenters. The average Bonchev–Trinajstić information content (AvgIpc) is 3.39. The van der Waals surface area contributed by atoms with Crippen molar-refractivity contribution in [1.29, 1.82) is 0 Å². The Labute approximate surface area is 171 Å². The molecular weight excluding hydrogens is 383 g/mol. The minimum Gasteiger partial charge on any atom is -0.339 e. The van der Waals surface area contributed by atoms with Gasteiger partial charge in [0, 0.05) is 28.4 Å². The Balaban J connectivity index is 1.71. The van der Waals surface area contributed by atoms with Crippen molar-refractivity contribution in [3.05, 3.63) is 78.7 Å². The summed E-state index contributed by atoms with van der Waals surface area (Å²) in [6.45, 7) is 0. The third-order valence-corrected chi connectivity index (χ3v) is 5.46. The van der Waals surface area contributed by atoms with E-state index in [4.69, 9.17) is 4.98 Å². The fourth-order valence-corrected chi connectivity index (χ4v) is 3.86. The van der Waals surface area contributed by atoms with Crippen LogP contribution >= 0.6 is 11.8 Å². The number of thioether (sulfide) groups is 1. The summed E-state index contributed by atoms with van der Waals surface area (Å²) in [5, 5.41) is 1.81. The number of nitrogens with one attached hydrogen (secondary N) is 2. The normalized spacial score (nSPS) is 11.2. The number of rotatable bonds is 4. The number of aromatic amines is 2. The van der Waals surface area contributed by atoms with Gasteiger partial charge in [-0.05, 0) is 48.2 Å². The second-order valence-electron chi connectivity index (χ2n) is 6.65. The van der Waals surface area contributed by atoms with E-state index in [-0.39, 0.29) is 5.82 Å². The highest BCUT2D eigenvalue weighted by molar-refractivity contribution is 7.98. The van der Waals surface area contributed by atoms with E-state index >= 15 is 0 Å². The number of halogens is 1. The number of hydrogen-bond acceptors (Lipinski definition) is 3. The molecule has 0 fully saturated rings. The Hall–Kier alpha value is -3.38. The van der Waals surface area contributed by atoms with Crippen molar-refractivity contribution >= 4 is 22.8 Å². The molecule has 5 rings (SSSR count). The summed E-state index contributed by atoms with van der Waals surface area (Å²) < 4.78 is 13.4. The Morgan fingerprint density at radius 3 is 2.45 bits per heavy atom. The third-order valence-electron chi connectivity index (χ3n) is 4.88. The van der Waals surface area contributed by atoms with Crippen molar-refractivity contribution in [3.8, 4) is 33.8 Å². The van der Waals surface area contributed by atoms with Crippen LogP contribution < -0.4 is 0 Å². The zero-order chi connectivity index (χ0) is 19.8. The summed E-state index contributed by atoms with van der Waals surface area (Å²) >= 11 is 1.54. The van der Waals surface area contributed by atoms with Gasteiger partial charge < -0.3 is 9.97 Å². The lowest BCUT2D eigenvalue weighted by Crippen LogP contribution is -1.87. The molecule has 0 aliphatic heterocycles. The van der Waals surface area contributed by atoms with Crippen molar-refractivity contribution in [1.82, 2.24) is 19.9 Å². The standard InChI is InChI=1S/C23H17FN4S/c1-29-23-27-20(15-7-9-16(24)10-8-15)21(28-23)17-11-12-25-22-18(17)13-19(26-22)14-5-3-2-4-6-14/h2-13H,1H3,(H,25,26)(H,27,28). The molecule has 4 nitrogen and oxygen atoms in total. The Morgan fingerprint density at radius 1 is 0.897 bits per heavy atom. The number of H-pyrrole nitrogens is 2. The van der Waals surface area contributed by atoms with E-state index in [1.807, 2.05) is 30.5 Å². The summed E-state index contributed by atoms with van der Waals surface area (Å²) in [6.07, 6.45) is 3.76. The molecule has 29 heavy (non-hydrogen) atoms. The lowest BCUT2D eigenvalue weighted by Gasteiger charge is -2.04. The van der Waals surface area contributed by atoms with Gasteiger partial charge in [0.05, 0.1) is 11.4 Å². The second kappa shape index (κ2) is 7.22. The zero-order valence-corrected chi connectivity index (χ0v) is 16.4. The molecule has 0 saturated heterocycles. The Bertz CT molecular complexity index is 1290. The first kappa shape index (κ1) is 17.7. The van der Waals surface area contributed by atoms with E-state index in [9.17, 15) is 4.39 Å². The first-order chi connectivity index (χ1) is 14.2. The van der Waals surface area contributed by atoms with Gasteiger partial charge >= 0.3 is 0 Å². The summed E-state index contributed by atoms with van der Waals surface area (Å²) in [5.41, 5.74) is 6.48. The number of aromatic nitrogens is 4. The largest absolute Gasteiger partial charge is 0.339 e. The highest BCUT2D eigenvalue weighted by atomic mass is 32.2. The zero-order valence-electron chi connectivity index (χ0n) is 15.6. The van der Waals surface area contributed by atoms with Gasteiger partial charge in [-0.25, -0.2) is 14.4 Å². The van der Waals surface area contributed by atoms with Gasteiger partial charge in [0.1, 0.15) is 11.5 Å². The van der Waals surface area contributed by atoms with E-state index in [0.717, 1.165) is 50.0 Å². The molecule has 2 aromatic carbocycles. The topological polar surface area (TPSA) is 57.4 Å². The van der Waals surface area contributed by atoms with Crippen molar-refractivity contribution in [2.75, 3.05) is 6.26 Å². The smallest absolute Gasteiger partial charge is 0.166 e. The number of nitrogens with zero attached hydrogens (tertiary/aromatic N) is 2. The molecule has 5 aromatic rings. The highest BCUT2D eigenvalue weighted by Gasteiger charge is 2.18. The molecular formula is C23H17FN4S. The minimum atomic E-state index is -0.264. The number of pyridine rings is 1. The molecule has 142 valence electrons. The van der Waals surface area contributed by atoms with Crippen LogP contribution in [0.15, 0.2) is 78.1 Å². The highest BCUT2D eigenvalue weighted by Crippen LogP contribution is 2.37. The van der Waals surface area contributed by atoms with Crippen LogP contribution in [-0.2, 0) is 0 Å². The molecule has 6 heteroatoms. The molecule has 2 N–H and O–H groups in total. The maximum atomic E-state index is 13.4. The van der Waals surface area contributed by atoms with Crippen LogP contribution in [0, 0.1) is 5.82 Å². The lowest BCUT2D eigenvalue weighted by atomic mass is 10.0. The molecule has 0 bridgehead atoms. The van der Waals surface area contributed by atoms with E-state index in [1.165, 1.54) is 23.9 Å². The van der Waals surface area contributed by atoms with Crippen molar-refractivity contribution < 1.29 is 4.39 Å². The van der Waals surface area contributed by atoms with Gasteiger partial charge in [-0.15, -0.1) is 0 Å². The van der Waals surface area contributed by atoms with E-state index in [2.05, 4.69) is 33.2 Å². The molecule has 0 saturated carbocycles. The van der Waals surface area contributed by atoms with Gasteiger partial charge in [0.2, 0.25) is 0 Å². The van der Waals surface area contributed by atoms with Gasteiger partial charge in [-0.1, -0.05) is 42.1 Å². The van der Waals surface area contributed by atoms with E-state index < -0.39 is 0 Å². The maximum absolute atomic E-state index is 13.4. The van der Waals surface area contributed by atoms with Crippen LogP contribution in [0.3, 0.4) is 0 Å². The second-order valence-corrected chi connectivity index (χ2v) is 7.44. The molecule has 3 heterocycles. The first-order valence-electron chi connectivity index (χ1n) is 9.16. The molecule has 0 aliphatic rings. The van der Waals surface area contributed by atoms with Gasteiger partial charge in [-0.3, -0.25) is 0 Å². The monoisotopic (exact) mass is 400 g/mol. The molecule has 0 radical (unpaired) electrons. The van der Waals surface area contributed by atoms with Crippen molar-refractivity contribution in [3.63, 3.8) is 0 Å². The van der Waals surface area contributed by atoms with Crippen LogP contribution in [0.5, 0.6) is 0 Å². The molecule has 3 aromatic heterocycles. The lowest BCUT2D eigenvalue weighted by molar-refractivity contribution is 0.628. The average molecular weight is 400 g/mol. The number of benzene rings is 2. The summed E-state index contributed by atoms with van der Waals surface area (Å²) in [5.74, 6) is -0.264. The fourth-order valence-electron chi connectivity index (χ4n) is 3.48. The third kappa shape index (κ3) is 3.21. The van der Waals surface area contributed by atoms with Crippen LogP contribution in [0.4, 0.5) is 4.39 Å². The van der Waals surface area contributed by atoms with Crippen molar-refractivity contribution in [2.45, 2.75) is 5.16 Å². The quantitative estimate of drug-likeness (QED) is 0.356. The summed E-state index contributed by atoms with van der Waals surface area (Å²) in [4.78, 5) is 16.1. The maximum Gasteiger partial charge on any atom is 0.166 e. The number of fused-ring (bicyclic) bond motifs is 1. The van der Waals surface area contributed by atoms with Gasteiger partial charge in [0.25, 0.3) is 0 Å². The van der Waals surface area contributed by atoms with E-state index in [0.29, 0.717) is 0 Å². The fraction of sp³-hybridized carbons (Fsp3) is 0.0435. The Kier molecular flexibility index (Phi) is 4.41. The summed E-state index contributed by atoms with van der Waals surface area (Å²) in [7, 11) is 0. The number of imidazole rings is 1. The Morgan fingerprint density at radius 2 is 1.69 bits per heavy atom. The predicted molar refractivity (Wildman–Crippen MR) is 116 cm³/mol. The van der Waals surface area contributed by atoms with Crippen LogP contribution in [0.2, 0.25) is 0 Å². The van der Waals surface area contributed by atoms with Gasteiger partial charge in [0.15, 0.2) is 5.16 Å². The predicted octanol–water partition coefficient (Wildman–Crippen LogP) is 6.15. The van der Waals surface area contributed by atoms with Crippen LogP contribution in [0.1, 0.15) is 0 Å². The van der Waals surface area contributed by atoms with Crippen LogP contribution in [-0.4, -0.2) is 26.2 Å². The molecule has 0 atom stereocenters. The molecule has 0 spiro atoms. The van der Waals surface area contributed by atoms with Crippen LogP contribution in [0.25, 0.3) is 44.8 Å². The number of hydrogen-bond donors (Lipinski definition) is 2. The molecule has 0 amide bonds. The van der Waals surface area contributed by atoms with Gasteiger partial charge in [-0.2, -0.15) is 0 Å². The first-order valence-corrected chi connectivity index (χ1v) is 10.4. The minimum absolute atomic E-state index is 0.264. The SMILES string of the molecule is CSc1nc(-c2ccc(F)cc2)c(-c2ccnc3[nH]c(-c4ccccc4)cc23)[nH]1.